The van der Waals surface area contributed by atoms with Crippen LogP contribution in [0.5, 0.6) is 0 Å². The van der Waals surface area contributed by atoms with Gasteiger partial charge in [-0.05, 0) is 24.3 Å². The Bertz CT molecular complexity index is 224. The quantitative estimate of drug-likeness (QED) is 0.734. The lowest BCUT2D eigenvalue weighted by molar-refractivity contribution is 0.164. The molecule has 0 saturated heterocycles. The summed E-state index contributed by atoms with van der Waals surface area (Å²) in [6, 6.07) is 0.160. The largest absolute Gasteiger partial charge is 0.496 e. The van der Waals surface area contributed by atoms with Gasteiger partial charge in [0, 0.05) is 6.42 Å². The normalized spacial score (nSPS) is 34.9. The Hall–Kier alpha value is -0.500. The van der Waals surface area contributed by atoms with Crippen molar-refractivity contribution in [2.45, 2.75) is 45.1 Å². The molecule has 0 radical (unpaired) electrons. The third-order valence-electron chi connectivity index (χ3n) is 3.70. The summed E-state index contributed by atoms with van der Waals surface area (Å²) in [6.07, 6.45) is 8.56. The van der Waals surface area contributed by atoms with Crippen LogP contribution in [0.2, 0.25) is 0 Å². The van der Waals surface area contributed by atoms with Gasteiger partial charge in [-0.15, -0.1) is 0 Å². The van der Waals surface area contributed by atoms with E-state index in [1.807, 2.05) is 0 Å². The van der Waals surface area contributed by atoms with Gasteiger partial charge in [0.25, 0.3) is 0 Å². The highest BCUT2D eigenvalue weighted by atomic mass is 16.5. The zero-order valence-corrected chi connectivity index (χ0v) is 9.04. The van der Waals surface area contributed by atoms with Crippen LogP contribution in [0.4, 0.5) is 0 Å². The molecule has 0 spiro atoms. The van der Waals surface area contributed by atoms with Gasteiger partial charge in [-0.3, -0.25) is 0 Å². The van der Waals surface area contributed by atoms with Gasteiger partial charge in [0.2, 0.25) is 0 Å². The molecule has 2 rings (SSSR count). The second kappa shape index (κ2) is 4.35. The monoisotopic (exact) mass is 195 g/mol. The molecule has 1 fully saturated rings. The van der Waals surface area contributed by atoms with E-state index in [0.29, 0.717) is 5.92 Å². The molecule has 1 aliphatic heterocycles. The first-order valence-corrected chi connectivity index (χ1v) is 5.87. The number of hydrogen-bond donors (Lipinski definition) is 1. The highest BCUT2D eigenvalue weighted by Gasteiger charge is 2.30. The predicted molar refractivity (Wildman–Crippen MR) is 57.7 cm³/mol. The van der Waals surface area contributed by atoms with Crippen molar-refractivity contribution in [3.63, 3.8) is 0 Å². The standard InChI is InChI=1S/C12H21NO/c1-9-5-2-3-6-10(9)12(13)11-7-4-8-14-11/h7,9-10,12H,2-6,8,13H2,1H3. The first-order chi connectivity index (χ1) is 6.79. The van der Waals surface area contributed by atoms with E-state index in [-0.39, 0.29) is 6.04 Å². The Balaban J connectivity index is 1.98. The molecule has 2 nitrogen and oxygen atoms in total. The fourth-order valence-corrected chi connectivity index (χ4v) is 2.76. The van der Waals surface area contributed by atoms with Crippen LogP contribution >= 0.6 is 0 Å². The first kappa shape index (κ1) is 10.0. The number of ether oxygens (including phenoxy) is 1. The van der Waals surface area contributed by atoms with Crippen molar-refractivity contribution in [2.75, 3.05) is 6.61 Å². The molecule has 0 bridgehead atoms. The highest BCUT2D eigenvalue weighted by Crippen LogP contribution is 2.34. The first-order valence-electron chi connectivity index (χ1n) is 5.87. The molecule has 1 saturated carbocycles. The summed E-state index contributed by atoms with van der Waals surface area (Å²) in [4.78, 5) is 0. The van der Waals surface area contributed by atoms with Gasteiger partial charge in [-0.2, -0.15) is 0 Å². The maximum Gasteiger partial charge on any atom is 0.109 e. The molecule has 1 heterocycles. The van der Waals surface area contributed by atoms with Crippen LogP contribution in [0.3, 0.4) is 0 Å². The minimum atomic E-state index is 0.160. The Morgan fingerprint density at radius 1 is 1.43 bits per heavy atom. The summed E-state index contributed by atoms with van der Waals surface area (Å²) in [5.41, 5.74) is 6.25. The number of rotatable bonds is 2. The SMILES string of the molecule is CC1CCCCC1C(N)C1=CCCO1. The molecule has 14 heavy (non-hydrogen) atoms. The Kier molecular flexibility index (Phi) is 3.12. The van der Waals surface area contributed by atoms with E-state index < -0.39 is 0 Å². The van der Waals surface area contributed by atoms with Crippen molar-refractivity contribution in [3.05, 3.63) is 11.8 Å². The van der Waals surface area contributed by atoms with Gasteiger partial charge in [-0.1, -0.05) is 26.2 Å². The topological polar surface area (TPSA) is 35.2 Å². The van der Waals surface area contributed by atoms with E-state index in [4.69, 9.17) is 10.5 Å². The summed E-state index contributed by atoms with van der Waals surface area (Å²) in [7, 11) is 0. The van der Waals surface area contributed by atoms with Crippen LogP contribution in [-0.2, 0) is 4.74 Å². The Morgan fingerprint density at radius 3 is 2.86 bits per heavy atom. The molecule has 0 aromatic heterocycles. The fraction of sp³-hybridized carbons (Fsp3) is 0.833. The average molecular weight is 195 g/mol. The molecular weight excluding hydrogens is 174 g/mol. The smallest absolute Gasteiger partial charge is 0.109 e. The molecule has 2 aliphatic rings. The second-order valence-corrected chi connectivity index (χ2v) is 4.70. The van der Waals surface area contributed by atoms with E-state index in [2.05, 4.69) is 13.0 Å². The van der Waals surface area contributed by atoms with E-state index in [9.17, 15) is 0 Å². The number of nitrogens with two attached hydrogens (primary N) is 1. The van der Waals surface area contributed by atoms with E-state index in [1.165, 1.54) is 25.7 Å². The maximum absolute atomic E-state index is 6.25. The van der Waals surface area contributed by atoms with Crippen LogP contribution in [0.25, 0.3) is 0 Å². The summed E-state index contributed by atoms with van der Waals surface area (Å²) in [6.45, 7) is 3.17. The molecular formula is C12H21NO. The van der Waals surface area contributed by atoms with Crippen LogP contribution in [0.15, 0.2) is 11.8 Å². The van der Waals surface area contributed by atoms with Crippen LogP contribution in [0.1, 0.15) is 39.0 Å². The lowest BCUT2D eigenvalue weighted by Crippen LogP contribution is -2.37. The second-order valence-electron chi connectivity index (χ2n) is 4.70. The number of hydrogen-bond acceptors (Lipinski definition) is 2. The molecule has 80 valence electrons. The molecule has 3 unspecified atom stereocenters. The zero-order chi connectivity index (χ0) is 9.97. The fourth-order valence-electron chi connectivity index (χ4n) is 2.76. The van der Waals surface area contributed by atoms with Gasteiger partial charge in [0.1, 0.15) is 5.76 Å². The van der Waals surface area contributed by atoms with Gasteiger partial charge in [-0.25, -0.2) is 0 Å². The summed E-state index contributed by atoms with van der Waals surface area (Å²) < 4.78 is 5.55. The molecule has 2 heteroatoms. The zero-order valence-electron chi connectivity index (χ0n) is 9.04. The molecule has 0 aromatic rings. The van der Waals surface area contributed by atoms with Gasteiger partial charge >= 0.3 is 0 Å². The molecule has 1 aliphatic carbocycles. The molecule has 3 atom stereocenters. The molecule has 2 N–H and O–H groups in total. The van der Waals surface area contributed by atoms with Crippen molar-refractivity contribution in [3.8, 4) is 0 Å². The summed E-state index contributed by atoms with van der Waals surface area (Å²) >= 11 is 0. The Morgan fingerprint density at radius 2 is 2.21 bits per heavy atom. The predicted octanol–water partition coefficient (Wildman–Crippen LogP) is 2.44. The molecule has 0 aromatic carbocycles. The maximum atomic E-state index is 6.25. The average Bonchev–Trinajstić information content (AvgIpc) is 2.70. The van der Waals surface area contributed by atoms with Gasteiger partial charge in [0.15, 0.2) is 0 Å². The third-order valence-corrected chi connectivity index (χ3v) is 3.70. The van der Waals surface area contributed by atoms with Crippen molar-refractivity contribution in [1.29, 1.82) is 0 Å². The van der Waals surface area contributed by atoms with Crippen molar-refractivity contribution in [2.24, 2.45) is 17.6 Å². The van der Waals surface area contributed by atoms with E-state index >= 15 is 0 Å². The summed E-state index contributed by atoms with van der Waals surface area (Å²) in [5.74, 6) is 2.47. The van der Waals surface area contributed by atoms with E-state index in [0.717, 1.165) is 24.7 Å². The minimum Gasteiger partial charge on any atom is -0.496 e. The van der Waals surface area contributed by atoms with Crippen LogP contribution < -0.4 is 5.73 Å². The lowest BCUT2D eigenvalue weighted by atomic mass is 9.76. The summed E-state index contributed by atoms with van der Waals surface area (Å²) in [5, 5.41) is 0. The van der Waals surface area contributed by atoms with Crippen LogP contribution in [-0.4, -0.2) is 12.6 Å². The van der Waals surface area contributed by atoms with Crippen molar-refractivity contribution in [1.82, 2.24) is 0 Å². The minimum absolute atomic E-state index is 0.160. The van der Waals surface area contributed by atoms with Gasteiger partial charge in [0.05, 0.1) is 12.6 Å². The molecule has 0 amide bonds. The Labute approximate surface area is 86.5 Å². The lowest BCUT2D eigenvalue weighted by Gasteiger charge is -2.33. The van der Waals surface area contributed by atoms with Crippen molar-refractivity contribution < 1.29 is 4.74 Å². The highest BCUT2D eigenvalue weighted by molar-refractivity contribution is 5.08. The van der Waals surface area contributed by atoms with Crippen molar-refractivity contribution >= 4 is 0 Å². The van der Waals surface area contributed by atoms with E-state index in [1.54, 1.807) is 0 Å². The van der Waals surface area contributed by atoms with Crippen LogP contribution in [0, 0.1) is 11.8 Å². The third kappa shape index (κ3) is 1.95. The van der Waals surface area contributed by atoms with Gasteiger partial charge < -0.3 is 10.5 Å².